The van der Waals surface area contributed by atoms with E-state index >= 15 is 0 Å². The molecule has 3 heterocycles. The monoisotopic (exact) mass is 673 g/mol. The Morgan fingerprint density at radius 3 is 2.29 bits per heavy atom. The second-order valence-corrected chi connectivity index (χ2v) is 14.5. The van der Waals surface area contributed by atoms with Crippen molar-refractivity contribution >= 4 is 27.8 Å². The maximum atomic E-state index is 6.92. The summed E-state index contributed by atoms with van der Waals surface area (Å²) >= 11 is 0. The van der Waals surface area contributed by atoms with Crippen molar-refractivity contribution in [2.24, 2.45) is 5.92 Å². The van der Waals surface area contributed by atoms with Crippen molar-refractivity contribution in [3.05, 3.63) is 150 Å². The van der Waals surface area contributed by atoms with Crippen LogP contribution in [0.5, 0.6) is 5.75 Å². The topological polar surface area (TPSA) is 61.0 Å². The average molecular weight is 674 g/mol. The van der Waals surface area contributed by atoms with E-state index < -0.39 is 0 Å². The number of nitrogens with zero attached hydrogens (tertiary/aromatic N) is 3. The minimum absolute atomic E-state index is 0.182. The number of fused-ring (bicyclic) bond motifs is 9. The first-order valence-corrected chi connectivity index (χ1v) is 18.5. The lowest BCUT2D eigenvalue weighted by Crippen LogP contribution is -2.22. The largest absolute Gasteiger partial charge is 0.489 e. The summed E-state index contributed by atoms with van der Waals surface area (Å²) in [6, 6.07) is 36.2. The van der Waals surface area contributed by atoms with Crippen LogP contribution in [0.2, 0.25) is 0 Å². The molecule has 250 valence electrons. The van der Waals surface area contributed by atoms with Gasteiger partial charge in [0.25, 0.3) is 0 Å². The van der Waals surface area contributed by atoms with Crippen LogP contribution >= 0.6 is 0 Å². The van der Waals surface area contributed by atoms with Crippen molar-refractivity contribution in [2.45, 2.75) is 43.6 Å². The van der Waals surface area contributed by atoms with E-state index in [0.29, 0.717) is 23.4 Å². The van der Waals surface area contributed by atoms with E-state index in [9.17, 15) is 0 Å². The van der Waals surface area contributed by atoms with Crippen LogP contribution in [0.3, 0.4) is 0 Å². The highest BCUT2D eigenvalue weighted by atomic mass is 16.5. The zero-order valence-corrected chi connectivity index (χ0v) is 28.6. The van der Waals surface area contributed by atoms with Gasteiger partial charge in [-0.05, 0) is 65.4 Å². The van der Waals surface area contributed by atoms with E-state index in [4.69, 9.17) is 24.1 Å². The van der Waals surface area contributed by atoms with Gasteiger partial charge >= 0.3 is 0 Å². The number of hydrogen-bond donors (Lipinski definition) is 0. The Balaban J connectivity index is 1.17. The van der Waals surface area contributed by atoms with Crippen LogP contribution in [0, 0.1) is 5.92 Å². The maximum Gasteiger partial charge on any atom is 0.167 e. The number of furan rings is 1. The van der Waals surface area contributed by atoms with Gasteiger partial charge in [-0.1, -0.05) is 122 Å². The molecule has 5 nitrogen and oxygen atoms in total. The second-order valence-electron chi connectivity index (χ2n) is 14.5. The fourth-order valence-corrected chi connectivity index (χ4v) is 9.06. The molecule has 5 aromatic carbocycles. The number of hydrogen-bond acceptors (Lipinski definition) is 5. The summed E-state index contributed by atoms with van der Waals surface area (Å²) in [5, 5.41) is 3.44. The minimum Gasteiger partial charge on any atom is -0.489 e. The van der Waals surface area contributed by atoms with E-state index in [0.717, 1.165) is 68.5 Å². The third-order valence-corrected chi connectivity index (χ3v) is 11.5. The first kappa shape index (κ1) is 29.6. The Kier molecular flexibility index (Phi) is 6.69. The molecule has 1 aliphatic heterocycles. The van der Waals surface area contributed by atoms with Crippen LogP contribution in [0.4, 0.5) is 0 Å². The summed E-state index contributed by atoms with van der Waals surface area (Å²) in [5.74, 6) is 4.56. The van der Waals surface area contributed by atoms with E-state index in [-0.39, 0.29) is 17.9 Å². The summed E-state index contributed by atoms with van der Waals surface area (Å²) < 4.78 is 13.5. The lowest BCUT2D eigenvalue weighted by molar-refractivity contribution is 0.164. The van der Waals surface area contributed by atoms with Gasteiger partial charge in [-0.25, -0.2) is 15.0 Å². The fraction of sp³-hybridized carbons (Fsp3) is 0.170. The molecule has 11 rings (SSSR count). The number of rotatable bonds is 4. The number of aromatic nitrogens is 3. The van der Waals surface area contributed by atoms with Crippen LogP contribution in [0.15, 0.2) is 138 Å². The van der Waals surface area contributed by atoms with Crippen LogP contribution in [0.1, 0.15) is 54.4 Å². The standard InChI is InChI=1S/C47H35N3O2/c1-2-12-29(13-3-1)34-24-25-37(44-43(34)42-33-16-7-6-14-30(33)23-26-40(42)52-44)47-49-45(32-22-21-28-11-4-5-15-31(28)27-32)48-46(50-47)36-18-10-20-39-41(36)35-17-8-9-19-38(35)51-39/h1-7,10-16,18,20-27,30,33,35,38H,8-9,17,19H2. The second kappa shape index (κ2) is 11.7. The van der Waals surface area contributed by atoms with Crippen molar-refractivity contribution in [1.82, 2.24) is 15.0 Å². The molecule has 0 bridgehead atoms. The average Bonchev–Trinajstić information content (AvgIpc) is 3.80. The molecule has 52 heavy (non-hydrogen) atoms. The minimum atomic E-state index is 0.182. The maximum absolute atomic E-state index is 6.92. The molecule has 0 spiro atoms. The Morgan fingerprint density at radius 2 is 1.37 bits per heavy atom. The highest BCUT2D eigenvalue weighted by Crippen LogP contribution is 2.51. The number of benzene rings is 5. The van der Waals surface area contributed by atoms with Gasteiger partial charge in [0, 0.05) is 45.4 Å². The summed E-state index contributed by atoms with van der Waals surface area (Å²) in [6.07, 6.45) is 18.1. The zero-order chi connectivity index (χ0) is 34.2. The van der Waals surface area contributed by atoms with Crippen molar-refractivity contribution in [2.75, 3.05) is 0 Å². The van der Waals surface area contributed by atoms with Gasteiger partial charge in [0.05, 0.1) is 5.56 Å². The molecule has 4 atom stereocenters. The van der Waals surface area contributed by atoms with Crippen LogP contribution in [0.25, 0.3) is 73.1 Å². The van der Waals surface area contributed by atoms with Crippen molar-refractivity contribution < 1.29 is 9.15 Å². The van der Waals surface area contributed by atoms with Crippen molar-refractivity contribution in [3.8, 4) is 51.0 Å². The predicted molar refractivity (Wildman–Crippen MR) is 208 cm³/mol. The zero-order valence-electron chi connectivity index (χ0n) is 28.6. The van der Waals surface area contributed by atoms with Gasteiger partial charge in [-0.15, -0.1) is 0 Å². The van der Waals surface area contributed by atoms with Gasteiger partial charge in [0.2, 0.25) is 0 Å². The van der Waals surface area contributed by atoms with Crippen molar-refractivity contribution in [1.29, 1.82) is 0 Å². The lowest BCUT2D eigenvalue weighted by Gasteiger charge is -2.25. The van der Waals surface area contributed by atoms with Gasteiger partial charge in [0.15, 0.2) is 17.5 Å². The predicted octanol–water partition coefficient (Wildman–Crippen LogP) is 11.7. The normalized spacial score (nSPS) is 21.1. The highest BCUT2D eigenvalue weighted by Gasteiger charge is 2.39. The highest BCUT2D eigenvalue weighted by molar-refractivity contribution is 6.05. The van der Waals surface area contributed by atoms with Gasteiger partial charge in [-0.3, -0.25) is 0 Å². The van der Waals surface area contributed by atoms with E-state index in [1.165, 1.54) is 29.4 Å². The molecule has 3 aliphatic carbocycles. The molecule has 0 amide bonds. The molecule has 7 aromatic rings. The van der Waals surface area contributed by atoms with Gasteiger partial charge < -0.3 is 9.15 Å². The summed E-state index contributed by atoms with van der Waals surface area (Å²) in [4.78, 5) is 15.9. The van der Waals surface area contributed by atoms with E-state index in [1.54, 1.807) is 0 Å². The first-order valence-electron chi connectivity index (χ1n) is 18.5. The Morgan fingerprint density at radius 1 is 0.577 bits per heavy atom. The molecule has 0 N–H and O–H groups in total. The summed E-state index contributed by atoms with van der Waals surface area (Å²) in [7, 11) is 0. The Hall–Kier alpha value is -6.07. The molecule has 2 aromatic heterocycles. The summed E-state index contributed by atoms with van der Waals surface area (Å²) in [5.41, 5.74) is 8.38. The van der Waals surface area contributed by atoms with Crippen LogP contribution < -0.4 is 4.74 Å². The third-order valence-electron chi connectivity index (χ3n) is 11.5. The molecule has 4 aliphatic rings. The molecule has 5 heteroatoms. The third kappa shape index (κ3) is 4.65. The SMILES string of the molecule is C1=CC2C=Cc3oc4c(-c5nc(-c6ccc7ccccc7c6)nc(-c6cccc7c6C6CCCCC6O7)n5)ccc(-c5ccccc5)c4c3C2C=C1. The van der Waals surface area contributed by atoms with Gasteiger partial charge in [-0.2, -0.15) is 0 Å². The summed E-state index contributed by atoms with van der Waals surface area (Å²) in [6.45, 7) is 0. The molecule has 4 unspecified atom stereocenters. The van der Waals surface area contributed by atoms with Crippen LogP contribution in [-0.2, 0) is 0 Å². The number of allylic oxidation sites excluding steroid dienone is 5. The first-order chi connectivity index (χ1) is 25.8. The van der Waals surface area contributed by atoms with Crippen molar-refractivity contribution in [3.63, 3.8) is 0 Å². The fourth-order valence-electron chi connectivity index (χ4n) is 9.06. The Bertz CT molecular complexity index is 2650. The van der Waals surface area contributed by atoms with Crippen LogP contribution in [-0.4, -0.2) is 21.1 Å². The Labute approximate surface area is 302 Å². The molecule has 1 saturated carbocycles. The van der Waals surface area contributed by atoms with E-state index in [1.807, 2.05) is 0 Å². The molecule has 0 radical (unpaired) electrons. The number of ether oxygens (including phenoxy) is 1. The molecular formula is C47H35N3O2. The molecular weight excluding hydrogens is 639 g/mol. The molecule has 1 fully saturated rings. The van der Waals surface area contributed by atoms with E-state index in [2.05, 4.69) is 140 Å². The quantitative estimate of drug-likeness (QED) is 0.186. The smallest absolute Gasteiger partial charge is 0.167 e. The van der Waals surface area contributed by atoms with Gasteiger partial charge in [0.1, 0.15) is 23.2 Å². The lowest BCUT2D eigenvalue weighted by atomic mass is 9.77. The molecule has 0 saturated heterocycles.